The molecule has 0 radical (unpaired) electrons. The largest absolute Gasteiger partial charge is 0.484 e. The molecule has 1 unspecified atom stereocenters. The molecule has 2 saturated heterocycles. The average Bonchev–Trinajstić information content (AvgIpc) is 2.84. The Morgan fingerprint density at radius 2 is 1.82 bits per heavy atom. The van der Waals surface area contributed by atoms with Crippen molar-refractivity contribution in [2.75, 3.05) is 56.2 Å². The van der Waals surface area contributed by atoms with Gasteiger partial charge in [0.2, 0.25) is 0 Å². The summed E-state index contributed by atoms with van der Waals surface area (Å²) in [7, 11) is 2.10. The van der Waals surface area contributed by atoms with Crippen LogP contribution in [0.5, 0.6) is 5.75 Å². The lowest BCUT2D eigenvalue weighted by Crippen LogP contribution is -2.45. The fourth-order valence-corrected chi connectivity index (χ4v) is 7.01. The summed E-state index contributed by atoms with van der Waals surface area (Å²) in [6.45, 7) is 5.50. The summed E-state index contributed by atoms with van der Waals surface area (Å²) in [6.07, 6.45) is 1.27. The summed E-state index contributed by atoms with van der Waals surface area (Å²) in [4.78, 5) is 17.1. The molecule has 0 bridgehead atoms. The third-order valence-corrected chi connectivity index (χ3v) is 9.04. The van der Waals surface area contributed by atoms with Crippen molar-refractivity contribution in [1.82, 2.24) is 10.2 Å². The van der Waals surface area contributed by atoms with E-state index in [2.05, 4.69) is 34.3 Å². The first-order chi connectivity index (χ1) is 16.0. The Balaban J connectivity index is 1.33. The smallest absolute Gasteiger partial charge is 0.258 e. The molecule has 4 rings (SSSR count). The fraction of sp³-hybridized carbons (Fsp3) is 0.480. The van der Waals surface area contributed by atoms with Gasteiger partial charge in [0.25, 0.3) is 5.91 Å². The van der Waals surface area contributed by atoms with Crippen LogP contribution in [0.3, 0.4) is 0 Å². The van der Waals surface area contributed by atoms with Gasteiger partial charge >= 0.3 is 0 Å². The van der Waals surface area contributed by atoms with E-state index in [-0.39, 0.29) is 24.4 Å². The van der Waals surface area contributed by atoms with Gasteiger partial charge < -0.3 is 19.9 Å². The Hall–Kier alpha value is -1.90. The number of carbonyl (C=O) groups is 1. The maximum absolute atomic E-state index is 14.0. The van der Waals surface area contributed by atoms with Gasteiger partial charge in [0.15, 0.2) is 6.61 Å². The van der Waals surface area contributed by atoms with E-state index in [1.54, 1.807) is 0 Å². The summed E-state index contributed by atoms with van der Waals surface area (Å²) in [5.74, 6) is 2.57. The lowest BCUT2D eigenvalue weighted by atomic mass is 10.0. The predicted octanol–water partition coefficient (Wildman–Crippen LogP) is 4.70. The first-order valence-electron chi connectivity index (χ1n) is 11.5. The van der Waals surface area contributed by atoms with Gasteiger partial charge in [-0.15, -0.1) is 23.5 Å². The van der Waals surface area contributed by atoms with Crippen LogP contribution in [0.25, 0.3) is 0 Å². The molecule has 5 nitrogen and oxygen atoms in total. The second-order valence-corrected chi connectivity index (χ2v) is 11.3. The van der Waals surface area contributed by atoms with Gasteiger partial charge in [0.05, 0.1) is 10.6 Å². The van der Waals surface area contributed by atoms with E-state index in [1.807, 2.05) is 48.6 Å². The number of amides is 1. The SMILES string of the molecule is CC(NC(=O)COc1ccc(C2SCCCS2)cc1)c1cc(F)ccc1N1CCN(C)CC1. The number of nitrogens with one attached hydrogen (secondary N) is 1. The molecule has 0 spiro atoms. The Morgan fingerprint density at radius 1 is 1.12 bits per heavy atom. The molecule has 2 aliphatic heterocycles. The van der Waals surface area contributed by atoms with E-state index in [4.69, 9.17) is 4.74 Å². The van der Waals surface area contributed by atoms with E-state index in [0.717, 1.165) is 37.4 Å². The number of anilines is 1. The van der Waals surface area contributed by atoms with E-state index in [0.29, 0.717) is 10.3 Å². The molecule has 0 aromatic heterocycles. The number of nitrogens with zero attached hydrogens (tertiary/aromatic N) is 2. The highest BCUT2D eigenvalue weighted by Crippen LogP contribution is 2.43. The second-order valence-electron chi connectivity index (χ2n) is 8.57. The number of likely N-dealkylation sites (N-methyl/N-ethyl adjacent to an activating group) is 1. The average molecular weight is 490 g/mol. The Bertz CT molecular complexity index is 930. The van der Waals surface area contributed by atoms with Crippen molar-refractivity contribution >= 4 is 35.1 Å². The topological polar surface area (TPSA) is 44.8 Å². The minimum absolute atomic E-state index is 0.0736. The van der Waals surface area contributed by atoms with Crippen LogP contribution in [0.2, 0.25) is 0 Å². The molecule has 2 aromatic rings. The van der Waals surface area contributed by atoms with E-state index < -0.39 is 0 Å². The van der Waals surface area contributed by atoms with E-state index in [1.165, 1.54) is 35.6 Å². The van der Waals surface area contributed by atoms with Crippen molar-refractivity contribution in [2.45, 2.75) is 24.0 Å². The quantitative estimate of drug-likeness (QED) is 0.608. The standard InChI is InChI=1S/C25H32FN3O2S2/c1-18(22-16-20(26)6-9-23(22)29-12-10-28(2)11-13-29)27-24(30)17-31-21-7-4-19(5-8-21)25-32-14-3-15-33-25/h4-9,16,18,25H,3,10-15,17H2,1-2H3,(H,27,30). The van der Waals surface area contributed by atoms with Gasteiger partial charge in [-0.1, -0.05) is 12.1 Å². The molecule has 0 aliphatic carbocycles. The molecular formula is C25H32FN3O2S2. The monoisotopic (exact) mass is 489 g/mol. The number of benzene rings is 2. The van der Waals surface area contributed by atoms with E-state index >= 15 is 0 Å². The predicted molar refractivity (Wildman–Crippen MR) is 137 cm³/mol. The van der Waals surface area contributed by atoms with Crippen LogP contribution in [-0.2, 0) is 4.79 Å². The van der Waals surface area contributed by atoms with Crippen LogP contribution in [0.4, 0.5) is 10.1 Å². The van der Waals surface area contributed by atoms with Gasteiger partial charge in [0, 0.05) is 37.4 Å². The third-order valence-electron chi connectivity index (χ3n) is 6.03. The van der Waals surface area contributed by atoms with Crippen molar-refractivity contribution in [3.63, 3.8) is 0 Å². The number of thioether (sulfide) groups is 2. The number of rotatable bonds is 7. The van der Waals surface area contributed by atoms with Gasteiger partial charge in [-0.05, 0) is 67.8 Å². The van der Waals surface area contributed by atoms with Crippen LogP contribution in [0.1, 0.15) is 35.1 Å². The van der Waals surface area contributed by atoms with Gasteiger partial charge in [0.1, 0.15) is 11.6 Å². The highest BCUT2D eigenvalue weighted by Gasteiger charge is 2.21. The summed E-state index contributed by atoms with van der Waals surface area (Å²) in [5.41, 5.74) is 3.06. The number of carbonyl (C=O) groups excluding carboxylic acids is 1. The van der Waals surface area contributed by atoms with Crippen LogP contribution in [0.15, 0.2) is 42.5 Å². The molecule has 1 atom stereocenters. The minimum atomic E-state index is -0.325. The fourth-order valence-electron chi connectivity index (χ4n) is 4.12. The highest BCUT2D eigenvalue weighted by molar-refractivity contribution is 8.16. The molecule has 0 saturated carbocycles. The zero-order chi connectivity index (χ0) is 23.2. The maximum atomic E-state index is 14.0. The number of piperazine rings is 1. The zero-order valence-electron chi connectivity index (χ0n) is 19.3. The summed E-state index contributed by atoms with van der Waals surface area (Å²) >= 11 is 3.97. The molecule has 1 N–H and O–H groups in total. The molecule has 178 valence electrons. The van der Waals surface area contributed by atoms with Gasteiger partial charge in [-0.3, -0.25) is 4.79 Å². The van der Waals surface area contributed by atoms with Crippen LogP contribution >= 0.6 is 23.5 Å². The summed E-state index contributed by atoms with van der Waals surface area (Å²) in [5, 5.41) is 2.97. The second kappa shape index (κ2) is 11.5. The summed E-state index contributed by atoms with van der Waals surface area (Å²) in [6, 6.07) is 12.5. The molecule has 2 heterocycles. The number of halogens is 1. The highest BCUT2D eigenvalue weighted by atomic mass is 32.2. The first kappa shape index (κ1) is 24.2. The van der Waals surface area contributed by atoms with Crippen LogP contribution in [0, 0.1) is 5.82 Å². The lowest BCUT2D eigenvalue weighted by molar-refractivity contribution is -0.123. The Morgan fingerprint density at radius 3 is 2.52 bits per heavy atom. The van der Waals surface area contributed by atoms with Gasteiger partial charge in [-0.2, -0.15) is 0 Å². The van der Waals surface area contributed by atoms with Crippen molar-refractivity contribution in [3.8, 4) is 5.75 Å². The maximum Gasteiger partial charge on any atom is 0.258 e. The van der Waals surface area contributed by atoms with Crippen LogP contribution in [-0.4, -0.2) is 62.1 Å². The van der Waals surface area contributed by atoms with E-state index in [9.17, 15) is 9.18 Å². The molecule has 8 heteroatoms. The van der Waals surface area contributed by atoms with Crippen molar-refractivity contribution in [1.29, 1.82) is 0 Å². The Kier molecular flexibility index (Phi) is 8.44. The third kappa shape index (κ3) is 6.58. The normalized spacial score (nSPS) is 18.7. The minimum Gasteiger partial charge on any atom is -0.484 e. The van der Waals surface area contributed by atoms with Crippen molar-refractivity contribution < 1.29 is 13.9 Å². The molecule has 33 heavy (non-hydrogen) atoms. The van der Waals surface area contributed by atoms with Crippen molar-refractivity contribution in [3.05, 3.63) is 59.4 Å². The number of hydrogen-bond acceptors (Lipinski definition) is 6. The summed E-state index contributed by atoms with van der Waals surface area (Å²) < 4.78 is 20.2. The lowest BCUT2D eigenvalue weighted by Gasteiger charge is -2.36. The number of hydrogen-bond donors (Lipinski definition) is 1. The molecular weight excluding hydrogens is 457 g/mol. The Labute approximate surface area is 204 Å². The van der Waals surface area contributed by atoms with Crippen LogP contribution < -0.4 is 15.0 Å². The number of ether oxygens (including phenoxy) is 1. The molecule has 2 fully saturated rings. The van der Waals surface area contributed by atoms with Gasteiger partial charge in [-0.25, -0.2) is 4.39 Å². The molecule has 2 aliphatic rings. The first-order valence-corrected chi connectivity index (χ1v) is 13.6. The zero-order valence-corrected chi connectivity index (χ0v) is 20.9. The van der Waals surface area contributed by atoms with Crippen molar-refractivity contribution in [2.24, 2.45) is 0 Å². The molecule has 2 aromatic carbocycles. The molecule has 1 amide bonds.